The first kappa shape index (κ1) is 20.0. The van der Waals surface area contributed by atoms with Crippen LogP contribution >= 0.6 is 0 Å². The monoisotopic (exact) mass is 380 g/mol. The molecule has 148 valence electrons. The summed E-state index contributed by atoms with van der Waals surface area (Å²) in [6.07, 6.45) is 4.89. The van der Waals surface area contributed by atoms with Gasteiger partial charge in [-0.05, 0) is 38.1 Å². The minimum absolute atomic E-state index is 0.0637. The molecule has 1 aromatic carbocycles. The summed E-state index contributed by atoms with van der Waals surface area (Å²) < 4.78 is 0. The molecular formula is C21H28N6O. The molecular weight excluding hydrogens is 352 g/mol. The third kappa shape index (κ3) is 4.39. The fraction of sp³-hybridized carbons (Fsp3) is 0.524. The van der Waals surface area contributed by atoms with Crippen molar-refractivity contribution in [2.45, 2.75) is 26.7 Å². The van der Waals surface area contributed by atoms with Gasteiger partial charge in [0.25, 0.3) is 0 Å². The zero-order valence-corrected chi connectivity index (χ0v) is 16.7. The van der Waals surface area contributed by atoms with Crippen LogP contribution in [0.3, 0.4) is 0 Å². The van der Waals surface area contributed by atoms with E-state index in [-0.39, 0.29) is 11.8 Å². The summed E-state index contributed by atoms with van der Waals surface area (Å²) in [5.74, 6) is 0.230. The van der Waals surface area contributed by atoms with E-state index in [0.717, 1.165) is 56.6 Å². The number of aromatic nitrogens is 2. The Labute approximate surface area is 166 Å². The van der Waals surface area contributed by atoms with Crippen LogP contribution in [-0.4, -0.2) is 60.0 Å². The van der Waals surface area contributed by atoms with Crippen LogP contribution < -0.4 is 10.2 Å². The Hall–Kier alpha value is -2.72. The zero-order valence-electron chi connectivity index (χ0n) is 16.7. The lowest BCUT2D eigenvalue weighted by molar-refractivity contribution is -0.125. The highest BCUT2D eigenvalue weighted by atomic mass is 16.1. The highest BCUT2D eigenvalue weighted by Gasteiger charge is 2.26. The molecule has 0 spiro atoms. The number of nitriles is 1. The zero-order chi connectivity index (χ0) is 19.9. The summed E-state index contributed by atoms with van der Waals surface area (Å²) >= 11 is 0. The minimum atomic E-state index is 0.0637. The van der Waals surface area contributed by atoms with Gasteiger partial charge in [-0.1, -0.05) is 13.8 Å². The Morgan fingerprint density at radius 2 is 2.07 bits per heavy atom. The Morgan fingerprint density at radius 3 is 2.75 bits per heavy atom. The fourth-order valence-electron chi connectivity index (χ4n) is 3.83. The van der Waals surface area contributed by atoms with Gasteiger partial charge >= 0.3 is 0 Å². The number of amides is 1. The Balaban J connectivity index is 1.59. The number of benzene rings is 1. The highest BCUT2D eigenvalue weighted by molar-refractivity contribution is 5.94. The third-order valence-corrected chi connectivity index (χ3v) is 5.60. The molecule has 0 aliphatic carbocycles. The number of carbonyl (C=O) groups excluding carboxylic acids is 1. The molecule has 0 radical (unpaired) electrons. The number of nitrogens with zero attached hydrogens (tertiary/aromatic N) is 5. The summed E-state index contributed by atoms with van der Waals surface area (Å²) in [4.78, 5) is 25.5. The van der Waals surface area contributed by atoms with Crippen LogP contribution in [0.2, 0.25) is 0 Å². The maximum Gasteiger partial charge on any atom is 0.223 e. The molecule has 1 amide bonds. The standard InChI is InChI=1S/C21H28N6O/c1-3-26(4-2)12-9-24-21(28)16-7-10-27(11-8-16)19-6-5-17(13-22)20-18(19)14-23-15-25-20/h5-6,14-16H,3-4,7-12H2,1-2H3,(H,24,28). The molecule has 28 heavy (non-hydrogen) atoms. The number of likely N-dealkylation sites (N-methyl/N-ethyl adjacent to an activating group) is 1. The van der Waals surface area contributed by atoms with Gasteiger partial charge in [-0.2, -0.15) is 5.26 Å². The molecule has 1 fully saturated rings. The molecule has 1 N–H and O–H groups in total. The second-order valence-electron chi connectivity index (χ2n) is 7.11. The third-order valence-electron chi connectivity index (χ3n) is 5.60. The van der Waals surface area contributed by atoms with Crippen LogP contribution in [-0.2, 0) is 4.79 Å². The normalized spacial score (nSPS) is 15.0. The predicted molar refractivity (Wildman–Crippen MR) is 110 cm³/mol. The number of carbonyl (C=O) groups is 1. The summed E-state index contributed by atoms with van der Waals surface area (Å²) in [7, 11) is 0. The van der Waals surface area contributed by atoms with E-state index >= 15 is 0 Å². The van der Waals surface area contributed by atoms with E-state index in [4.69, 9.17) is 0 Å². The van der Waals surface area contributed by atoms with E-state index in [1.807, 2.05) is 12.1 Å². The van der Waals surface area contributed by atoms with Gasteiger partial charge in [-0.3, -0.25) is 4.79 Å². The lowest BCUT2D eigenvalue weighted by Crippen LogP contribution is -2.42. The van der Waals surface area contributed by atoms with Crippen molar-refractivity contribution in [3.63, 3.8) is 0 Å². The minimum Gasteiger partial charge on any atom is -0.371 e. The van der Waals surface area contributed by atoms with Gasteiger partial charge in [0, 0.05) is 49.4 Å². The number of rotatable bonds is 7. The van der Waals surface area contributed by atoms with Gasteiger partial charge in [-0.15, -0.1) is 0 Å². The number of fused-ring (bicyclic) bond motifs is 1. The molecule has 1 aromatic heterocycles. The molecule has 0 saturated carbocycles. The van der Waals surface area contributed by atoms with Crippen molar-refractivity contribution >= 4 is 22.5 Å². The van der Waals surface area contributed by atoms with E-state index in [1.54, 1.807) is 6.20 Å². The molecule has 0 atom stereocenters. The van der Waals surface area contributed by atoms with Crippen molar-refractivity contribution in [1.82, 2.24) is 20.2 Å². The SMILES string of the molecule is CCN(CC)CCNC(=O)C1CCN(c2ccc(C#N)c3ncncc23)CC1. The summed E-state index contributed by atoms with van der Waals surface area (Å²) in [5.41, 5.74) is 2.28. The molecule has 1 aliphatic rings. The Morgan fingerprint density at radius 1 is 1.32 bits per heavy atom. The van der Waals surface area contributed by atoms with Crippen molar-refractivity contribution < 1.29 is 4.79 Å². The number of anilines is 1. The topological polar surface area (TPSA) is 85.2 Å². The van der Waals surface area contributed by atoms with E-state index < -0.39 is 0 Å². The van der Waals surface area contributed by atoms with Crippen molar-refractivity contribution in [3.8, 4) is 6.07 Å². The maximum atomic E-state index is 12.5. The second-order valence-corrected chi connectivity index (χ2v) is 7.11. The van der Waals surface area contributed by atoms with Crippen LogP contribution in [0, 0.1) is 17.2 Å². The first-order chi connectivity index (χ1) is 13.7. The van der Waals surface area contributed by atoms with Crippen LogP contribution in [0.5, 0.6) is 0 Å². The van der Waals surface area contributed by atoms with Gasteiger partial charge < -0.3 is 15.1 Å². The first-order valence-corrected chi connectivity index (χ1v) is 10.1. The van der Waals surface area contributed by atoms with Gasteiger partial charge in [0.2, 0.25) is 5.91 Å². The van der Waals surface area contributed by atoms with Crippen LogP contribution in [0.25, 0.3) is 10.9 Å². The number of hydrogen-bond acceptors (Lipinski definition) is 6. The van der Waals surface area contributed by atoms with Gasteiger partial charge in [0.05, 0.1) is 11.1 Å². The quantitative estimate of drug-likeness (QED) is 0.792. The lowest BCUT2D eigenvalue weighted by Gasteiger charge is -2.33. The average molecular weight is 380 g/mol. The van der Waals surface area contributed by atoms with Crippen molar-refractivity contribution in [2.24, 2.45) is 5.92 Å². The van der Waals surface area contributed by atoms with E-state index in [0.29, 0.717) is 17.6 Å². The lowest BCUT2D eigenvalue weighted by atomic mass is 9.95. The van der Waals surface area contributed by atoms with Gasteiger partial charge in [-0.25, -0.2) is 9.97 Å². The van der Waals surface area contributed by atoms with Crippen LogP contribution in [0.1, 0.15) is 32.3 Å². The number of hydrogen-bond donors (Lipinski definition) is 1. The Kier molecular flexibility index (Phi) is 6.77. The molecule has 7 heteroatoms. The second kappa shape index (κ2) is 9.47. The first-order valence-electron chi connectivity index (χ1n) is 10.1. The Bertz CT molecular complexity index is 850. The van der Waals surface area contributed by atoms with Crippen LogP contribution in [0.4, 0.5) is 5.69 Å². The fourth-order valence-corrected chi connectivity index (χ4v) is 3.83. The maximum absolute atomic E-state index is 12.5. The molecule has 3 rings (SSSR count). The smallest absolute Gasteiger partial charge is 0.223 e. The summed E-state index contributed by atoms with van der Waals surface area (Å²) in [5, 5.41) is 13.3. The van der Waals surface area contributed by atoms with Gasteiger partial charge in [0.1, 0.15) is 12.4 Å². The van der Waals surface area contributed by atoms with Crippen molar-refractivity contribution in [1.29, 1.82) is 5.26 Å². The molecule has 1 saturated heterocycles. The number of piperidine rings is 1. The molecule has 7 nitrogen and oxygen atoms in total. The highest BCUT2D eigenvalue weighted by Crippen LogP contribution is 2.30. The summed E-state index contributed by atoms with van der Waals surface area (Å²) in [6.45, 7) is 9.51. The molecule has 2 aromatic rings. The predicted octanol–water partition coefficient (Wildman–Crippen LogP) is 2.18. The van der Waals surface area contributed by atoms with E-state index in [9.17, 15) is 10.1 Å². The van der Waals surface area contributed by atoms with E-state index in [2.05, 4.69) is 45.0 Å². The van der Waals surface area contributed by atoms with Crippen molar-refractivity contribution in [3.05, 3.63) is 30.2 Å². The summed E-state index contributed by atoms with van der Waals surface area (Å²) in [6, 6.07) is 5.98. The molecule has 1 aliphatic heterocycles. The number of nitrogens with one attached hydrogen (secondary N) is 1. The molecule has 0 unspecified atom stereocenters. The van der Waals surface area contributed by atoms with Gasteiger partial charge in [0.15, 0.2) is 0 Å². The average Bonchev–Trinajstić information content (AvgIpc) is 2.76. The molecule has 2 heterocycles. The van der Waals surface area contributed by atoms with Crippen molar-refractivity contribution in [2.75, 3.05) is 44.2 Å². The van der Waals surface area contributed by atoms with Crippen LogP contribution in [0.15, 0.2) is 24.7 Å². The van der Waals surface area contributed by atoms with E-state index in [1.165, 1.54) is 6.33 Å². The molecule has 0 bridgehead atoms. The largest absolute Gasteiger partial charge is 0.371 e.